The molecule has 5 nitrogen and oxygen atoms in total. The number of phenolic OH excluding ortho intramolecular Hbond substituents is 1. The first-order valence-corrected chi connectivity index (χ1v) is 6.67. The number of rotatable bonds is 3. The number of phenols is 1. The second kappa shape index (κ2) is 5.38. The van der Waals surface area contributed by atoms with Crippen molar-refractivity contribution in [1.29, 1.82) is 0 Å². The molecule has 0 radical (unpaired) electrons. The maximum absolute atomic E-state index is 9.30. The normalized spacial score (nSPS) is 12.3. The molecule has 0 saturated carbocycles. The summed E-state index contributed by atoms with van der Waals surface area (Å²) in [5.74, 6) is 1.39. The van der Waals surface area contributed by atoms with Crippen molar-refractivity contribution in [3.05, 3.63) is 65.5 Å². The van der Waals surface area contributed by atoms with Crippen LogP contribution in [0.2, 0.25) is 0 Å². The highest BCUT2D eigenvalue weighted by atomic mass is 16.3. The van der Waals surface area contributed by atoms with E-state index in [1.54, 1.807) is 24.3 Å². The van der Waals surface area contributed by atoms with Crippen molar-refractivity contribution in [1.82, 2.24) is 15.2 Å². The number of aromatic nitrogens is 3. The van der Waals surface area contributed by atoms with Gasteiger partial charge in [-0.25, -0.2) is 4.98 Å². The van der Waals surface area contributed by atoms with Crippen LogP contribution in [0.15, 0.2) is 48.5 Å². The summed E-state index contributed by atoms with van der Waals surface area (Å²) in [6.45, 7) is 2.03. The minimum atomic E-state index is -0.344. The van der Waals surface area contributed by atoms with Crippen molar-refractivity contribution in [2.45, 2.75) is 13.0 Å². The molecule has 0 aliphatic rings. The average molecular weight is 280 g/mol. The smallest absolute Gasteiger partial charge is 0.181 e. The van der Waals surface area contributed by atoms with Gasteiger partial charge in [0.05, 0.1) is 6.04 Å². The number of nitrogens with two attached hydrogens (primary N) is 1. The van der Waals surface area contributed by atoms with Crippen LogP contribution in [0.5, 0.6) is 5.75 Å². The topological polar surface area (TPSA) is 87.8 Å². The third-order valence-corrected chi connectivity index (χ3v) is 3.36. The Bertz CT molecular complexity index is 732. The van der Waals surface area contributed by atoms with Crippen molar-refractivity contribution in [3.63, 3.8) is 0 Å². The molecule has 4 N–H and O–H groups in total. The van der Waals surface area contributed by atoms with Gasteiger partial charge in [-0.05, 0) is 36.8 Å². The second-order valence-electron chi connectivity index (χ2n) is 4.98. The average Bonchev–Trinajstić information content (AvgIpc) is 2.98. The van der Waals surface area contributed by atoms with Crippen molar-refractivity contribution in [2.24, 2.45) is 5.73 Å². The molecule has 106 valence electrons. The summed E-state index contributed by atoms with van der Waals surface area (Å²) < 4.78 is 0. The quantitative estimate of drug-likeness (QED) is 0.688. The zero-order valence-electron chi connectivity index (χ0n) is 11.6. The van der Waals surface area contributed by atoms with Gasteiger partial charge in [0.2, 0.25) is 0 Å². The molecule has 1 atom stereocenters. The molecule has 0 unspecified atom stereocenters. The molecule has 3 rings (SSSR count). The Kier molecular flexibility index (Phi) is 3.41. The van der Waals surface area contributed by atoms with Gasteiger partial charge in [-0.15, -0.1) is 0 Å². The first-order chi connectivity index (χ1) is 10.1. The summed E-state index contributed by atoms with van der Waals surface area (Å²) in [4.78, 5) is 4.44. The van der Waals surface area contributed by atoms with E-state index in [0.717, 1.165) is 11.1 Å². The lowest BCUT2D eigenvalue weighted by Gasteiger charge is -2.08. The van der Waals surface area contributed by atoms with Gasteiger partial charge >= 0.3 is 0 Å². The fourth-order valence-corrected chi connectivity index (χ4v) is 2.08. The van der Waals surface area contributed by atoms with Crippen LogP contribution in [0.4, 0.5) is 0 Å². The SMILES string of the molecule is Cc1ccc([C@@H](N)c2nc(-c3ccc(O)cc3)n[nH]2)cc1. The molecule has 0 fully saturated rings. The number of hydrogen-bond donors (Lipinski definition) is 3. The van der Waals surface area contributed by atoms with Crippen molar-refractivity contribution < 1.29 is 5.11 Å². The molecule has 0 spiro atoms. The molecule has 2 aromatic carbocycles. The van der Waals surface area contributed by atoms with Gasteiger partial charge in [-0.2, -0.15) is 5.10 Å². The number of aryl methyl sites for hydroxylation is 1. The van der Waals surface area contributed by atoms with Crippen LogP contribution in [0.1, 0.15) is 23.0 Å². The molecule has 3 aromatic rings. The summed E-state index contributed by atoms with van der Waals surface area (Å²) >= 11 is 0. The molecule has 1 heterocycles. The maximum Gasteiger partial charge on any atom is 0.181 e. The summed E-state index contributed by atoms with van der Waals surface area (Å²) in [5, 5.41) is 16.4. The molecule has 0 bridgehead atoms. The van der Waals surface area contributed by atoms with Crippen LogP contribution >= 0.6 is 0 Å². The molecule has 0 saturated heterocycles. The van der Waals surface area contributed by atoms with E-state index < -0.39 is 0 Å². The van der Waals surface area contributed by atoms with E-state index in [9.17, 15) is 5.11 Å². The van der Waals surface area contributed by atoms with E-state index in [0.29, 0.717) is 11.6 Å². The Balaban J connectivity index is 1.87. The number of aromatic hydroxyl groups is 1. The predicted molar refractivity (Wildman–Crippen MR) is 80.7 cm³/mol. The summed E-state index contributed by atoms with van der Waals surface area (Å²) in [6, 6.07) is 14.4. The van der Waals surface area contributed by atoms with E-state index in [-0.39, 0.29) is 11.8 Å². The largest absolute Gasteiger partial charge is 0.508 e. The third kappa shape index (κ3) is 2.78. The van der Waals surface area contributed by atoms with Gasteiger partial charge in [-0.1, -0.05) is 29.8 Å². The van der Waals surface area contributed by atoms with Crippen LogP contribution in [0.25, 0.3) is 11.4 Å². The fraction of sp³-hybridized carbons (Fsp3) is 0.125. The lowest BCUT2D eigenvalue weighted by Crippen LogP contribution is -2.13. The number of H-pyrrole nitrogens is 1. The third-order valence-electron chi connectivity index (χ3n) is 3.36. The van der Waals surface area contributed by atoms with E-state index >= 15 is 0 Å². The highest BCUT2D eigenvalue weighted by Crippen LogP contribution is 2.21. The molecule has 0 aliphatic carbocycles. The Morgan fingerprint density at radius 3 is 2.38 bits per heavy atom. The molecule has 21 heavy (non-hydrogen) atoms. The van der Waals surface area contributed by atoms with Crippen LogP contribution in [0, 0.1) is 6.92 Å². The Morgan fingerprint density at radius 1 is 1.05 bits per heavy atom. The minimum Gasteiger partial charge on any atom is -0.508 e. The Morgan fingerprint density at radius 2 is 1.71 bits per heavy atom. The molecular weight excluding hydrogens is 264 g/mol. The van der Waals surface area contributed by atoms with Gasteiger partial charge < -0.3 is 10.8 Å². The van der Waals surface area contributed by atoms with Gasteiger partial charge in [0.1, 0.15) is 11.6 Å². The van der Waals surface area contributed by atoms with E-state index in [2.05, 4.69) is 15.2 Å². The Labute approximate surface area is 122 Å². The zero-order valence-corrected chi connectivity index (χ0v) is 11.6. The number of benzene rings is 2. The first kappa shape index (κ1) is 13.3. The summed E-state index contributed by atoms with van der Waals surface area (Å²) in [6.07, 6.45) is 0. The van der Waals surface area contributed by atoms with E-state index in [1.165, 1.54) is 5.56 Å². The van der Waals surface area contributed by atoms with Crippen molar-refractivity contribution in [2.75, 3.05) is 0 Å². The molecule has 0 amide bonds. The van der Waals surface area contributed by atoms with Gasteiger partial charge in [-0.3, -0.25) is 5.10 Å². The minimum absolute atomic E-state index is 0.214. The van der Waals surface area contributed by atoms with Crippen LogP contribution in [-0.2, 0) is 0 Å². The molecule has 5 heteroatoms. The monoisotopic (exact) mass is 280 g/mol. The highest BCUT2D eigenvalue weighted by Gasteiger charge is 2.14. The highest BCUT2D eigenvalue weighted by molar-refractivity contribution is 5.55. The van der Waals surface area contributed by atoms with Gasteiger partial charge in [0, 0.05) is 5.56 Å². The zero-order chi connectivity index (χ0) is 14.8. The number of aromatic amines is 1. The van der Waals surface area contributed by atoms with Crippen molar-refractivity contribution in [3.8, 4) is 17.1 Å². The molecule has 0 aliphatic heterocycles. The fourth-order valence-electron chi connectivity index (χ4n) is 2.08. The summed E-state index contributed by atoms with van der Waals surface area (Å²) in [7, 11) is 0. The van der Waals surface area contributed by atoms with Crippen LogP contribution in [-0.4, -0.2) is 20.3 Å². The number of nitrogens with zero attached hydrogens (tertiary/aromatic N) is 2. The van der Waals surface area contributed by atoms with Crippen LogP contribution < -0.4 is 5.73 Å². The van der Waals surface area contributed by atoms with E-state index in [4.69, 9.17) is 5.73 Å². The van der Waals surface area contributed by atoms with Gasteiger partial charge in [0.25, 0.3) is 0 Å². The van der Waals surface area contributed by atoms with Crippen LogP contribution in [0.3, 0.4) is 0 Å². The predicted octanol–water partition coefficient (Wildman–Crippen LogP) is 2.53. The van der Waals surface area contributed by atoms with Gasteiger partial charge in [0.15, 0.2) is 5.82 Å². The number of hydrogen-bond acceptors (Lipinski definition) is 4. The lowest BCUT2D eigenvalue weighted by molar-refractivity contribution is 0.475. The molecule has 1 aromatic heterocycles. The van der Waals surface area contributed by atoms with E-state index in [1.807, 2.05) is 31.2 Å². The molecular formula is C16H16N4O. The maximum atomic E-state index is 9.30. The number of nitrogens with one attached hydrogen (secondary N) is 1. The first-order valence-electron chi connectivity index (χ1n) is 6.67. The Hall–Kier alpha value is -2.66. The standard InChI is InChI=1S/C16H16N4O/c1-10-2-4-11(5-3-10)14(17)16-18-15(19-20-16)12-6-8-13(21)9-7-12/h2-9,14,21H,17H2,1H3,(H,18,19,20)/t14-/m1/s1. The van der Waals surface area contributed by atoms with Crippen molar-refractivity contribution >= 4 is 0 Å². The lowest BCUT2D eigenvalue weighted by atomic mass is 10.1. The summed E-state index contributed by atoms with van der Waals surface area (Å²) in [5.41, 5.74) is 9.20. The second-order valence-corrected chi connectivity index (χ2v) is 4.98.